The molecule has 49 heavy (non-hydrogen) atoms. The van der Waals surface area contributed by atoms with Crippen LogP contribution in [0.25, 0.3) is 66.8 Å². The van der Waals surface area contributed by atoms with Crippen molar-refractivity contribution in [2.24, 2.45) is 0 Å². The average Bonchev–Trinajstić information content (AvgIpc) is 3.66. The van der Waals surface area contributed by atoms with Crippen molar-refractivity contribution in [3.05, 3.63) is 216 Å². The predicted octanol–water partition coefficient (Wildman–Crippen LogP) is 12.7. The maximum absolute atomic E-state index is 2.47. The van der Waals surface area contributed by atoms with Crippen LogP contribution in [0.1, 0.15) is 22.3 Å². The standard InChI is InChI=1S/C49H32/c1-3-13-33(14-4-1)38-29-39(34-15-5-2-6-16-34)31-40(30-38)36-25-23-35(24-26-36)37-27-28-44-43-19-9-12-22-47(43)49(48(44)32-37)45-20-10-7-17-41(45)42-18-8-11-21-46(42)49/h1-32H. The predicted molar refractivity (Wildman–Crippen MR) is 204 cm³/mol. The van der Waals surface area contributed by atoms with Crippen LogP contribution in [0.5, 0.6) is 0 Å². The van der Waals surface area contributed by atoms with Crippen molar-refractivity contribution in [3.63, 3.8) is 0 Å². The van der Waals surface area contributed by atoms with E-state index in [2.05, 4.69) is 194 Å². The van der Waals surface area contributed by atoms with E-state index in [-0.39, 0.29) is 5.41 Å². The summed E-state index contributed by atoms with van der Waals surface area (Å²) in [6.07, 6.45) is 0. The van der Waals surface area contributed by atoms with Crippen LogP contribution < -0.4 is 0 Å². The first-order valence-electron chi connectivity index (χ1n) is 17.1. The van der Waals surface area contributed by atoms with Crippen LogP contribution in [-0.2, 0) is 5.41 Å². The Morgan fingerprint density at radius 3 is 0.980 bits per heavy atom. The molecule has 0 unspecified atom stereocenters. The molecule has 8 aromatic rings. The lowest BCUT2D eigenvalue weighted by molar-refractivity contribution is 0.794. The molecule has 1 spiro atoms. The van der Waals surface area contributed by atoms with Gasteiger partial charge in [0.05, 0.1) is 5.41 Å². The van der Waals surface area contributed by atoms with E-state index in [0.29, 0.717) is 0 Å². The minimum absolute atomic E-state index is 0.333. The van der Waals surface area contributed by atoms with Gasteiger partial charge in [-0.2, -0.15) is 0 Å². The van der Waals surface area contributed by atoms with Crippen LogP contribution in [-0.4, -0.2) is 0 Å². The SMILES string of the molecule is c1ccc(-c2cc(-c3ccccc3)cc(-c3ccc(-c4ccc5c(c4)C4(c6ccccc6-c6ccccc64)c4ccccc4-5)cc3)c2)cc1. The fourth-order valence-electron chi connectivity index (χ4n) is 8.52. The molecule has 0 saturated carbocycles. The number of hydrogen-bond donors (Lipinski definition) is 0. The number of fused-ring (bicyclic) bond motifs is 10. The van der Waals surface area contributed by atoms with E-state index in [0.717, 1.165) is 0 Å². The Morgan fingerprint density at radius 1 is 0.204 bits per heavy atom. The van der Waals surface area contributed by atoms with Crippen molar-refractivity contribution in [1.29, 1.82) is 0 Å². The van der Waals surface area contributed by atoms with Crippen LogP contribution in [0.3, 0.4) is 0 Å². The van der Waals surface area contributed by atoms with Gasteiger partial charge in [0.15, 0.2) is 0 Å². The molecule has 8 aromatic carbocycles. The molecule has 0 saturated heterocycles. The summed E-state index contributed by atoms with van der Waals surface area (Å²) in [5.41, 5.74) is 20.3. The minimum Gasteiger partial charge on any atom is -0.0622 e. The monoisotopic (exact) mass is 620 g/mol. The van der Waals surface area contributed by atoms with Crippen LogP contribution >= 0.6 is 0 Å². The molecular weight excluding hydrogens is 589 g/mol. The highest BCUT2D eigenvalue weighted by molar-refractivity contribution is 5.96. The molecule has 0 radical (unpaired) electrons. The molecule has 0 heterocycles. The summed E-state index contributed by atoms with van der Waals surface area (Å²) in [5.74, 6) is 0. The maximum Gasteiger partial charge on any atom is 0.0725 e. The highest BCUT2D eigenvalue weighted by Gasteiger charge is 2.51. The van der Waals surface area contributed by atoms with E-state index in [1.807, 2.05) is 0 Å². The average molecular weight is 621 g/mol. The van der Waals surface area contributed by atoms with Gasteiger partial charge in [-0.3, -0.25) is 0 Å². The summed E-state index contributed by atoms with van der Waals surface area (Å²) in [5, 5.41) is 0. The van der Waals surface area contributed by atoms with Gasteiger partial charge in [0, 0.05) is 0 Å². The van der Waals surface area contributed by atoms with Crippen molar-refractivity contribution in [1.82, 2.24) is 0 Å². The highest BCUT2D eigenvalue weighted by Crippen LogP contribution is 2.63. The van der Waals surface area contributed by atoms with Crippen molar-refractivity contribution in [2.75, 3.05) is 0 Å². The fraction of sp³-hybridized carbons (Fsp3) is 0.0204. The number of hydrogen-bond acceptors (Lipinski definition) is 0. The third-order valence-electron chi connectivity index (χ3n) is 10.7. The number of rotatable bonds is 4. The lowest BCUT2D eigenvalue weighted by Crippen LogP contribution is -2.25. The molecule has 0 N–H and O–H groups in total. The third kappa shape index (κ3) is 4.17. The smallest absolute Gasteiger partial charge is 0.0622 e. The molecule has 10 rings (SSSR count). The van der Waals surface area contributed by atoms with E-state index < -0.39 is 0 Å². The fourth-order valence-corrected chi connectivity index (χ4v) is 8.52. The van der Waals surface area contributed by atoms with E-state index in [1.54, 1.807) is 0 Å². The maximum atomic E-state index is 2.47. The molecule has 0 bridgehead atoms. The second-order valence-corrected chi connectivity index (χ2v) is 13.3. The molecular formula is C49H32. The van der Waals surface area contributed by atoms with Crippen LogP contribution in [0.15, 0.2) is 194 Å². The Bertz CT molecular complexity index is 2400. The van der Waals surface area contributed by atoms with Crippen LogP contribution in [0, 0.1) is 0 Å². The zero-order valence-electron chi connectivity index (χ0n) is 27.0. The van der Waals surface area contributed by atoms with Crippen molar-refractivity contribution >= 4 is 0 Å². The van der Waals surface area contributed by atoms with Crippen molar-refractivity contribution in [3.8, 4) is 66.8 Å². The second kappa shape index (κ2) is 10.9. The van der Waals surface area contributed by atoms with Gasteiger partial charge >= 0.3 is 0 Å². The van der Waals surface area contributed by atoms with Gasteiger partial charge in [-0.1, -0.05) is 170 Å². The molecule has 2 aliphatic carbocycles. The highest BCUT2D eigenvalue weighted by atomic mass is 14.5. The van der Waals surface area contributed by atoms with Gasteiger partial charge in [0.2, 0.25) is 0 Å². The van der Waals surface area contributed by atoms with Gasteiger partial charge in [-0.25, -0.2) is 0 Å². The summed E-state index contributed by atoms with van der Waals surface area (Å²) in [4.78, 5) is 0. The summed E-state index contributed by atoms with van der Waals surface area (Å²) in [7, 11) is 0. The quantitative estimate of drug-likeness (QED) is 0.184. The first-order chi connectivity index (χ1) is 24.3. The van der Waals surface area contributed by atoms with Gasteiger partial charge in [0.1, 0.15) is 0 Å². The molecule has 0 amide bonds. The second-order valence-electron chi connectivity index (χ2n) is 13.3. The normalized spacial score (nSPS) is 13.1. The molecule has 0 heteroatoms. The van der Waals surface area contributed by atoms with Gasteiger partial charge < -0.3 is 0 Å². The first-order valence-corrected chi connectivity index (χ1v) is 17.1. The molecule has 0 atom stereocenters. The zero-order valence-corrected chi connectivity index (χ0v) is 27.0. The lowest BCUT2D eigenvalue weighted by Gasteiger charge is -2.30. The Kier molecular flexibility index (Phi) is 6.19. The largest absolute Gasteiger partial charge is 0.0725 e. The Morgan fingerprint density at radius 2 is 0.531 bits per heavy atom. The first kappa shape index (κ1) is 27.8. The van der Waals surface area contributed by atoms with Gasteiger partial charge in [-0.15, -0.1) is 0 Å². The minimum atomic E-state index is -0.333. The summed E-state index contributed by atoms with van der Waals surface area (Å²) in [6.45, 7) is 0. The van der Waals surface area contributed by atoms with Gasteiger partial charge in [-0.05, 0) is 113 Å². The summed E-state index contributed by atoms with van der Waals surface area (Å²) >= 11 is 0. The molecule has 2 aliphatic rings. The summed E-state index contributed by atoms with van der Waals surface area (Å²) in [6, 6.07) is 71.6. The summed E-state index contributed by atoms with van der Waals surface area (Å²) < 4.78 is 0. The Labute approximate surface area is 287 Å². The van der Waals surface area contributed by atoms with Gasteiger partial charge in [0.25, 0.3) is 0 Å². The number of benzene rings is 8. The van der Waals surface area contributed by atoms with Crippen LogP contribution in [0.2, 0.25) is 0 Å². The van der Waals surface area contributed by atoms with E-state index in [1.165, 1.54) is 89.0 Å². The molecule has 0 aromatic heterocycles. The molecule has 0 aliphatic heterocycles. The zero-order chi connectivity index (χ0) is 32.4. The van der Waals surface area contributed by atoms with E-state index >= 15 is 0 Å². The lowest BCUT2D eigenvalue weighted by atomic mass is 9.70. The van der Waals surface area contributed by atoms with Crippen LogP contribution in [0.4, 0.5) is 0 Å². The molecule has 228 valence electrons. The van der Waals surface area contributed by atoms with Crippen molar-refractivity contribution in [2.45, 2.75) is 5.41 Å². The Hall–Kier alpha value is -6.24. The Balaban J connectivity index is 1.10. The van der Waals surface area contributed by atoms with E-state index in [4.69, 9.17) is 0 Å². The molecule has 0 nitrogen and oxygen atoms in total. The molecule has 0 fully saturated rings. The third-order valence-corrected chi connectivity index (χ3v) is 10.7. The van der Waals surface area contributed by atoms with E-state index in [9.17, 15) is 0 Å². The van der Waals surface area contributed by atoms with Crippen molar-refractivity contribution < 1.29 is 0 Å². The topological polar surface area (TPSA) is 0 Å².